The zero-order valence-corrected chi connectivity index (χ0v) is 21.5. The first kappa shape index (κ1) is 23.8. The van der Waals surface area contributed by atoms with Gasteiger partial charge in [0.15, 0.2) is 0 Å². The molecule has 0 aliphatic carbocycles. The molecule has 3 N–H and O–H groups in total. The van der Waals surface area contributed by atoms with E-state index < -0.39 is 0 Å². The Hall–Kier alpha value is -3.89. The quantitative estimate of drug-likeness (QED) is 0.230. The lowest BCUT2D eigenvalue weighted by Crippen LogP contribution is -2.25. The van der Waals surface area contributed by atoms with E-state index in [0.717, 1.165) is 50.0 Å². The summed E-state index contributed by atoms with van der Waals surface area (Å²) in [5, 5.41) is 12.3. The molecule has 182 valence electrons. The molecule has 0 bridgehead atoms. The Morgan fingerprint density at radius 2 is 1.92 bits per heavy atom. The van der Waals surface area contributed by atoms with Crippen molar-refractivity contribution in [2.75, 3.05) is 17.2 Å². The van der Waals surface area contributed by atoms with E-state index in [2.05, 4.69) is 55.8 Å². The van der Waals surface area contributed by atoms with Gasteiger partial charge in [-0.15, -0.1) is 22.7 Å². The molecule has 0 saturated heterocycles. The van der Waals surface area contributed by atoms with Gasteiger partial charge in [-0.3, -0.25) is 9.78 Å². The molecule has 4 heterocycles. The van der Waals surface area contributed by atoms with Gasteiger partial charge in [0.1, 0.15) is 16.5 Å². The van der Waals surface area contributed by atoms with Gasteiger partial charge < -0.3 is 16.0 Å². The smallest absolute Gasteiger partial charge is 0.270 e. The molecular weight excluding hydrogens is 490 g/mol. The Morgan fingerprint density at radius 1 is 1.06 bits per heavy atom. The number of anilines is 3. The maximum atomic E-state index is 12.6. The average Bonchev–Trinajstić information content (AvgIpc) is 3.54. The normalized spacial score (nSPS) is 11.1. The number of nitrogens with zero attached hydrogens (tertiary/aromatic N) is 4. The number of aromatic nitrogens is 4. The number of benzene rings is 1. The van der Waals surface area contributed by atoms with Crippen LogP contribution in [0, 0.1) is 0 Å². The van der Waals surface area contributed by atoms with Gasteiger partial charge in [0.25, 0.3) is 5.91 Å². The first-order valence-electron chi connectivity index (χ1n) is 11.5. The maximum Gasteiger partial charge on any atom is 0.270 e. The largest absolute Gasteiger partial charge is 0.382 e. The molecule has 8 nitrogen and oxygen atoms in total. The molecule has 0 saturated carbocycles. The van der Waals surface area contributed by atoms with Crippen LogP contribution in [-0.4, -0.2) is 38.4 Å². The van der Waals surface area contributed by atoms with E-state index in [-0.39, 0.29) is 11.9 Å². The minimum atomic E-state index is -0.186. The molecule has 5 rings (SSSR count). The van der Waals surface area contributed by atoms with Crippen LogP contribution < -0.4 is 16.0 Å². The van der Waals surface area contributed by atoms with Gasteiger partial charge in [0.2, 0.25) is 0 Å². The van der Waals surface area contributed by atoms with Gasteiger partial charge in [-0.25, -0.2) is 15.0 Å². The molecule has 5 aromatic rings. The molecule has 1 aromatic carbocycles. The van der Waals surface area contributed by atoms with E-state index >= 15 is 0 Å². The Morgan fingerprint density at radius 3 is 2.75 bits per heavy atom. The molecule has 1 amide bonds. The summed E-state index contributed by atoms with van der Waals surface area (Å²) in [7, 11) is 0. The lowest BCUT2D eigenvalue weighted by atomic mass is 10.2. The second kappa shape index (κ2) is 10.8. The maximum absolute atomic E-state index is 12.6. The summed E-state index contributed by atoms with van der Waals surface area (Å²) in [6, 6.07) is 12.1. The Kier molecular flexibility index (Phi) is 7.15. The van der Waals surface area contributed by atoms with Gasteiger partial charge in [-0.1, -0.05) is 0 Å². The van der Waals surface area contributed by atoms with E-state index in [4.69, 9.17) is 0 Å². The fourth-order valence-electron chi connectivity index (χ4n) is 3.67. The first-order chi connectivity index (χ1) is 17.5. The van der Waals surface area contributed by atoms with Crippen molar-refractivity contribution in [1.82, 2.24) is 25.3 Å². The number of amides is 1. The molecule has 10 heteroatoms. The van der Waals surface area contributed by atoms with Crippen LogP contribution in [0.5, 0.6) is 0 Å². The summed E-state index contributed by atoms with van der Waals surface area (Å²) in [4.78, 5) is 30.2. The second-order valence-corrected chi connectivity index (χ2v) is 10.2. The van der Waals surface area contributed by atoms with Crippen molar-refractivity contribution in [2.45, 2.75) is 26.3 Å². The number of carbonyl (C=O) groups is 1. The van der Waals surface area contributed by atoms with Gasteiger partial charge in [0.05, 0.1) is 21.3 Å². The van der Waals surface area contributed by atoms with Gasteiger partial charge in [0, 0.05) is 54.0 Å². The van der Waals surface area contributed by atoms with Crippen LogP contribution in [0.2, 0.25) is 0 Å². The minimum Gasteiger partial charge on any atom is -0.382 e. The number of hydrogen-bond donors (Lipinski definition) is 3. The minimum absolute atomic E-state index is 0.186. The number of thiazole rings is 2. The van der Waals surface area contributed by atoms with E-state index in [0.29, 0.717) is 12.2 Å². The molecule has 0 spiro atoms. The molecule has 36 heavy (non-hydrogen) atoms. The lowest BCUT2D eigenvalue weighted by Gasteiger charge is -2.15. The third kappa shape index (κ3) is 5.67. The van der Waals surface area contributed by atoms with Crippen LogP contribution in [0.25, 0.3) is 20.8 Å². The molecular formula is C26H25N7OS2. The summed E-state index contributed by atoms with van der Waals surface area (Å²) in [5.41, 5.74) is 7.06. The predicted octanol–water partition coefficient (Wildman–Crippen LogP) is 5.75. The summed E-state index contributed by atoms with van der Waals surface area (Å²) >= 11 is 3.03. The fraction of sp³-hybridized carbons (Fsp3) is 0.192. The molecule has 0 radical (unpaired) electrons. The standard InChI is InChI=1S/C26H25N7OS2/c1-16(2)31-21-12-24(32-18-3-4-20-23(11-18)36-15-30-20)29-13-19(21)26-33-22(14-35-26)25(34)28-10-7-17-5-8-27-9-6-17/h3-6,8-9,11-16H,7,10H2,1-2H3,(H,28,34)(H2,29,31,32). The Labute approximate surface area is 216 Å². The predicted molar refractivity (Wildman–Crippen MR) is 147 cm³/mol. The van der Waals surface area contributed by atoms with E-state index in [1.54, 1.807) is 35.3 Å². The average molecular weight is 516 g/mol. The number of hydrogen-bond acceptors (Lipinski definition) is 9. The van der Waals surface area contributed by atoms with Crippen molar-refractivity contribution >= 4 is 56.0 Å². The van der Waals surface area contributed by atoms with Crippen LogP contribution in [0.15, 0.2) is 65.9 Å². The topological polar surface area (TPSA) is 105 Å². The fourth-order valence-corrected chi connectivity index (χ4v) is 5.21. The molecule has 0 aliphatic rings. The summed E-state index contributed by atoms with van der Waals surface area (Å²) in [6.07, 6.45) is 6.03. The van der Waals surface area contributed by atoms with Crippen molar-refractivity contribution in [3.8, 4) is 10.6 Å². The SMILES string of the molecule is CC(C)Nc1cc(Nc2ccc3ncsc3c2)ncc1-c1nc(C(=O)NCCc2ccncc2)cs1. The third-order valence-corrected chi connectivity index (χ3v) is 7.03. The Balaban J connectivity index is 1.31. The molecule has 4 aromatic heterocycles. The van der Waals surface area contributed by atoms with Crippen LogP contribution in [0.3, 0.4) is 0 Å². The number of carbonyl (C=O) groups excluding carboxylic acids is 1. The lowest BCUT2D eigenvalue weighted by molar-refractivity contribution is 0.0950. The zero-order chi connectivity index (χ0) is 24.9. The molecule has 0 fully saturated rings. The van der Waals surface area contributed by atoms with Crippen LogP contribution in [0.1, 0.15) is 29.9 Å². The highest BCUT2D eigenvalue weighted by Gasteiger charge is 2.16. The number of nitrogens with one attached hydrogen (secondary N) is 3. The van der Waals surface area contributed by atoms with Crippen molar-refractivity contribution < 1.29 is 4.79 Å². The van der Waals surface area contributed by atoms with Gasteiger partial charge in [-0.05, 0) is 56.2 Å². The van der Waals surface area contributed by atoms with Crippen LogP contribution >= 0.6 is 22.7 Å². The van der Waals surface area contributed by atoms with Crippen LogP contribution in [-0.2, 0) is 6.42 Å². The van der Waals surface area contributed by atoms with E-state index in [9.17, 15) is 4.79 Å². The highest BCUT2D eigenvalue weighted by Crippen LogP contribution is 2.33. The summed E-state index contributed by atoms with van der Waals surface area (Å²) in [5.74, 6) is 0.533. The van der Waals surface area contributed by atoms with Crippen molar-refractivity contribution in [3.05, 3.63) is 77.1 Å². The molecule has 0 unspecified atom stereocenters. The molecule has 0 aliphatic heterocycles. The molecule has 0 atom stereocenters. The summed E-state index contributed by atoms with van der Waals surface area (Å²) < 4.78 is 1.12. The first-order valence-corrected chi connectivity index (χ1v) is 13.3. The van der Waals surface area contributed by atoms with E-state index in [1.807, 2.05) is 35.8 Å². The zero-order valence-electron chi connectivity index (χ0n) is 19.9. The van der Waals surface area contributed by atoms with Gasteiger partial charge in [-0.2, -0.15) is 0 Å². The second-order valence-electron chi connectivity index (χ2n) is 8.47. The van der Waals surface area contributed by atoms with Crippen molar-refractivity contribution in [1.29, 1.82) is 0 Å². The number of rotatable bonds is 9. The highest BCUT2D eigenvalue weighted by atomic mass is 32.1. The summed E-state index contributed by atoms with van der Waals surface area (Å²) in [6.45, 7) is 4.70. The monoisotopic (exact) mass is 515 g/mol. The number of pyridine rings is 2. The van der Waals surface area contributed by atoms with Crippen LogP contribution in [0.4, 0.5) is 17.2 Å². The van der Waals surface area contributed by atoms with E-state index in [1.165, 1.54) is 11.3 Å². The number of fused-ring (bicyclic) bond motifs is 1. The van der Waals surface area contributed by atoms with Crippen molar-refractivity contribution in [3.63, 3.8) is 0 Å². The van der Waals surface area contributed by atoms with Crippen molar-refractivity contribution in [2.24, 2.45) is 0 Å². The highest BCUT2D eigenvalue weighted by molar-refractivity contribution is 7.16. The Bertz CT molecular complexity index is 1480. The van der Waals surface area contributed by atoms with Gasteiger partial charge >= 0.3 is 0 Å². The third-order valence-electron chi connectivity index (χ3n) is 5.37.